The quantitative estimate of drug-likeness (QED) is 0.627. The zero-order valence-electron chi connectivity index (χ0n) is 6.48. The molecule has 68 valence electrons. The van der Waals surface area contributed by atoms with Crippen LogP contribution in [0.4, 0.5) is 8.78 Å². The third kappa shape index (κ3) is 1.20. The van der Waals surface area contributed by atoms with Crippen molar-refractivity contribution in [3.05, 3.63) is 35.4 Å². The first-order valence-electron chi connectivity index (χ1n) is 3.57. The maximum absolute atomic E-state index is 12.9. The van der Waals surface area contributed by atoms with Crippen LogP contribution in [0.2, 0.25) is 5.02 Å². The van der Waals surface area contributed by atoms with E-state index in [1.165, 1.54) is 18.2 Å². The lowest BCUT2D eigenvalue weighted by Crippen LogP contribution is -2.19. The molecule has 1 aromatic carbocycles. The SMILES string of the molecule is C=C1c2cc(Cl)ccc2OC1(F)F. The molecule has 13 heavy (non-hydrogen) atoms. The van der Waals surface area contributed by atoms with Gasteiger partial charge >= 0.3 is 6.11 Å². The van der Waals surface area contributed by atoms with E-state index in [2.05, 4.69) is 11.3 Å². The summed E-state index contributed by atoms with van der Waals surface area (Å²) >= 11 is 5.64. The Labute approximate surface area is 78.6 Å². The Hall–Kier alpha value is -1.09. The van der Waals surface area contributed by atoms with Gasteiger partial charge in [-0.2, -0.15) is 8.78 Å². The second-order valence-electron chi connectivity index (χ2n) is 2.74. The first kappa shape index (κ1) is 8.51. The summed E-state index contributed by atoms with van der Waals surface area (Å²) in [4.78, 5) is 0. The van der Waals surface area contributed by atoms with Gasteiger partial charge in [-0.15, -0.1) is 0 Å². The number of alkyl halides is 2. The van der Waals surface area contributed by atoms with Gasteiger partial charge in [0.2, 0.25) is 0 Å². The first-order valence-corrected chi connectivity index (χ1v) is 3.94. The number of fused-ring (bicyclic) bond motifs is 1. The number of hydrogen-bond acceptors (Lipinski definition) is 1. The van der Waals surface area contributed by atoms with Gasteiger partial charge in [-0.05, 0) is 18.2 Å². The fourth-order valence-corrected chi connectivity index (χ4v) is 1.36. The molecular weight excluding hydrogens is 198 g/mol. The molecule has 1 aromatic rings. The van der Waals surface area contributed by atoms with E-state index in [1.54, 1.807) is 0 Å². The highest BCUT2D eigenvalue weighted by atomic mass is 35.5. The van der Waals surface area contributed by atoms with Crippen molar-refractivity contribution in [2.24, 2.45) is 0 Å². The van der Waals surface area contributed by atoms with Crippen molar-refractivity contribution < 1.29 is 13.5 Å². The Balaban J connectivity index is 2.57. The molecule has 0 aliphatic carbocycles. The van der Waals surface area contributed by atoms with Crippen LogP contribution in [0.1, 0.15) is 5.56 Å². The number of hydrogen-bond donors (Lipinski definition) is 0. The molecule has 0 fully saturated rings. The normalized spacial score (nSPS) is 18.2. The minimum atomic E-state index is -3.30. The number of benzene rings is 1. The maximum Gasteiger partial charge on any atom is 0.426 e. The molecule has 0 saturated carbocycles. The van der Waals surface area contributed by atoms with Gasteiger partial charge in [-0.3, -0.25) is 0 Å². The number of ether oxygens (including phenoxy) is 1. The van der Waals surface area contributed by atoms with Crippen molar-refractivity contribution in [2.75, 3.05) is 0 Å². The van der Waals surface area contributed by atoms with Crippen LogP contribution in [-0.2, 0) is 0 Å². The molecule has 0 amide bonds. The summed E-state index contributed by atoms with van der Waals surface area (Å²) < 4.78 is 30.2. The van der Waals surface area contributed by atoms with Gasteiger partial charge in [0.25, 0.3) is 0 Å². The number of halogens is 3. The van der Waals surface area contributed by atoms with Crippen LogP contribution >= 0.6 is 11.6 Å². The molecule has 0 spiro atoms. The Kier molecular flexibility index (Phi) is 1.60. The van der Waals surface area contributed by atoms with Crippen LogP contribution in [0.5, 0.6) is 5.75 Å². The Morgan fingerprint density at radius 2 is 2.08 bits per heavy atom. The van der Waals surface area contributed by atoms with Gasteiger partial charge in [-0.1, -0.05) is 18.2 Å². The van der Waals surface area contributed by atoms with Crippen molar-refractivity contribution in [1.29, 1.82) is 0 Å². The zero-order chi connectivity index (χ0) is 9.64. The lowest BCUT2D eigenvalue weighted by Gasteiger charge is -2.07. The Morgan fingerprint density at radius 3 is 2.77 bits per heavy atom. The van der Waals surface area contributed by atoms with Crippen LogP contribution in [0, 0.1) is 0 Å². The van der Waals surface area contributed by atoms with E-state index < -0.39 is 6.11 Å². The highest BCUT2D eigenvalue weighted by Crippen LogP contribution is 2.45. The average molecular weight is 203 g/mol. The van der Waals surface area contributed by atoms with Crippen LogP contribution in [0.15, 0.2) is 24.8 Å². The number of rotatable bonds is 0. The molecule has 0 unspecified atom stereocenters. The summed E-state index contributed by atoms with van der Waals surface area (Å²) in [6, 6.07) is 4.32. The molecule has 1 heterocycles. The smallest absolute Gasteiger partial charge is 0.426 e. The topological polar surface area (TPSA) is 9.23 Å². The van der Waals surface area contributed by atoms with E-state index in [-0.39, 0.29) is 16.9 Å². The summed E-state index contributed by atoms with van der Waals surface area (Å²) in [7, 11) is 0. The van der Waals surface area contributed by atoms with Gasteiger partial charge in [0.15, 0.2) is 0 Å². The summed E-state index contributed by atoms with van der Waals surface area (Å²) in [6.45, 7) is 3.26. The molecule has 2 rings (SSSR count). The monoisotopic (exact) mass is 202 g/mol. The van der Waals surface area contributed by atoms with E-state index >= 15 is 0 Å². The second kappa shape index (κ2) is 2.45. The predicted octanol–water partition coefficient (Wildman–Crippen LogP) is 3.34. The van der Waals surface area contributed by atoms with E-state index in [9.17, 15) is 8.78 Å². The standard InChI is InChI=1S/C9H5ClF2O/c1-5-7-4-6(10)2-3-8(7)13-9(5,11)12/h2-4H,1H2. The van der Waals surface area contributed by atoms with Crippen molar-refractivity contribution in [3.8, 4) is 5.75 Å². The van der Waals surface area contributed by atoms with Crippen LogP contribution in [0.3, 0.4) is 0 Å². The first-order chi connectivity index (χ1) is 6.00. The van der Waals surface area contributed by atoms with Crippen molar-refractivity contribution in [2.45, 2.75) is 6.11 Å². The molecule has 0 aromatic heterocycles. The summed E-state index contributed by atoms with van der Waals surface area (Å²) in [5.41, 5.74) is -0.0671. The maximum atomic E-state index is 12.9. The Morgan fingerprint density at radius 1 is 1.38 bits per heavy atom. The van der Waals surface area contributed by atoms with Crippen LogP contribution < -0.4 is 4.74 Å². The van der Waals surface area contributed by atoms with Crippen LogP contribution in [0.25, 0.3) is 5.57 Å². The molecule has 1 aliphatic rings. The molecule has 1 aliphatic heterocycles. The van der Waals surface area contributed by atoms with Gasteiger partial charge in [-0.25, -0.2) is 0 Å². The molecule has 0 atom stereocenters. The summed E-state index contributed by atoms with van der Waals surface area (Å²) in [6.07, 6.45) is -3.30. The van der Waals surface area contributed by atoms with E-state index in [0.29, 0.717) is 5.02 Å². The Bertz CT molecular complexity index is 387. The molecule has 1 nitrogen and oxygen atoms in total. The van der Waals surface area contributed by atoms with Crippen molar-refractivity contribution in [3.63, 3.8) is 0 Å². The van der Waals surface area contributed by atoms with Gasteiger partial charge < -0.3 is 4.74 Å². The predicted molar refractivity (Wildman–Crippen MR) is 46.1 cm³/mol. The van der Waals surface area contributed by atoms with Crippen molar-refractivity contribution >= 4 is 17.2 Å². The van der Waals surface area contributed by atoms with Crippen molar-refractivity contribution in [1.82, 2.24) is 0 Å². The van der Waals surface area contributed by atoms with E-state index in [1.807, 2.05) is 0 Å². The highest BCUT2D eigenvalue weighted by Gasteiger charge is 2.44. The third-order valence-corrected chi connectivity index (χ3v) is 2.09. The second-order valence-corrected chi connectivity index (χ2v) is 3.17. The lowest BCUT2D eigenvalue weighted by atomic mass is 10.1. The fraction of sp³-hybridized carbons (Fsp3) is 0.111. The summed E-state index contributed by atoms with van der Waals surface area (Å²) in [5, 5.41) is 0.390. The van der Waals surface area contributed by atoms with Gasteiger partial charge in [0.05, 0.1) is 5.57 Å². The minimum Gasteiger partial charge on any atom is -0.428 e. The molecule has 0 radical (unpaired) electrons. The van der Waals surface area contributed by atoms with E-state index in [4.69, 9.17) is 11.6 Å². The zero-order valence-corrected chi connectivity index (χ0v) is 7.24. The van der Waals surface area contributed by atoms with Gasteiger partial charge in [0, 0.05) is 10.6 Å². The fourth-order valence-electron chi connectivity index (χ4n) is 1.18. The van der Waals surface area contributed by atoms with E-state index in [0.717, 1.165) is 0 Å². The van der Waals surface area contributed by atoms with Gasteiger partial charge in [0.1, 0.15) is 5.75 Å². The molecule has 0 N–H and O–H groups in total. The molecule has 0 bridgehead atoms. The highest BCUT2D eigenvalue weighted by molar-refractivity contribution is 6.30. The molecule has 0 saturated heterocycles. The molecule has 4 heteroatoms. The average Bonchev–Trinajstić information content (AvgIpc) is 2.26. The minimum absolute atomic E-state index is 0.124. The third-order valence-electron chi connectivity index (χ3n) is 1.86. The van der Waals surface area contributed by atoms with Crippen LogP contribution in [-0.4, -0.2) is 6.11 Å². The summed E-state index contributed by atoms with van der Waals surface area (Å²) in [5.74, 6) is 0.124. The lowest BCUT2D eigenvalue weighted by molar-refractivity contribution is -0.111. The largest absolute Gasteiger partial charge is 0.428 e. The molecular formula is C9H5ClF2O.